The molecule has 2 rings (SSSR count). The molecule has 6 heteroatoms. The number of ether oxygens (including phenoxy) is 1. The number of nitrogens with zero attached hydrogens (tertiary/aromatic N) is 2. The highest BCUT2D eigenvalue weighted by Gasteiger charge is 2.17. The Morgan fingerprint density at radius 2 is 2.00 bits per heavy atom. The summed E-state index contributed by atoms with van der Waals surface area (Å²) in [6.45, 7) is 9.44. The second-order valence-corrected chi connectivity index (χ2v) is 6.06. The molecule has 23 heavy (non-hydrogen) atoms. The molecule has 0 saturated carbocycles. The van der Waals surface area contributed by atoms with Crippen LogP contribution in [0.4, 0.5) is 4.39 Å². The lowest BCUT2D eigenvalue weighted by Crippen LogP contribution is -2.24. The van der Waals surface area contributed by atoms with Crippen LogP contribution < -0.4 is 0 Å². The van der Waals surface area contributed by atoms with Gasteiger partial charge in [0.05, 0.1) is 23.3 Å². The highest BCUT2D eigenvalue weighted by Crippen LogP contribution is 2.19. The number of carbonyl (C=O) groups is 1. The van der Waals surface area contributed by atoms with Crippen molar-refractivity contribution in [1.29, 1.82) is 0 Å². The van der Waals surface area contributed by atoms with Crippen molar-refractivity contribution in [3.8, 4) is 5.69 Å². The number of carbonyl (C=O) groups excluding carboxylic acids is 1. The van der Waals surface area contributed by atoms with Gasteiger partial charge in [0, 0.05) is 11.8 Å². The Morgan fingerprint density at radius 1 is 1.35 bits per heavy atom. The molecule has 0 aliphatic rings. The fourth-order valence-corrected chi connectivity index (χ4v) is 1.94. The molecule has 0 fully saturated rings. The van der Waals surface area contributed by atoms with Gasteiger partial charge >= 0.3 is 5.97 Å². The second-order valence-electron chi connectivity index (χ2n) is 5.65. The zero-order chi connectivity index (χ0) is 17.6. The van der Waals surface area contributed by atoms with E-state index in [0.29, 0.717) is 11.3 Å². The van der Waals surface area contributed by atoms with E-state index in [9.17, 15) is 9.18 Å². The Bertz CT molecular complexity index is 663. The second kappa shape index (κ2) is 8.11. The molecule has 4 nitrogen and oxygen atoms in total. The Morgan fingerprint density at radius 3 is 2.57 bits per heavy atom. The quantitative estimate of drug-likeness (QED) is 0.768. The molecular weight excluding hydrogens is 319 g/mol. The molecule has 0 aliphatic heterocycles. The summed E-state index contributed by atoms with van der Waals surface area (Å²) in [6, 6.07) is 4.31. The van der Waals surface area contributed by atoms with Crippen molar-refractivity contribution in [3.05, 3.63) is 47.0 Å². The molecule has 1 aromatic carbocycles. The summed E-state index contributed by atoms with van der Waals surface area (Å²) in [6.07, 6.45) is 3.39. The summed E-state index contributed by atoms with van der Waals surface area (Å²) in [5, 5.41) is 4.16. The highest BCUT2D eigenvalue weighted by atomic mass is 35.5. The first kappa shape index (κ1) is 19.2. The minimum atomic E-state index is -0.516. The molecule has 126 valence electrons. The Balaban J connectivity index is 0.00000127. The zero-order valence-corrected chi connectivity index (χ0v) is 14.8. The normalized spacial score (nSPS) is 10.7. The van der Waals surface area contributed by atoms with Gasteiger partial charge in [-0.3, -0.25) is 4.79 Å². The first-order valence-corrected chi connectivity index (χ1v) is 7.83. The van der Waals surface area contributed by atoms with Gasteiger partial charge in [0.15, 0.2) is 0 Å². The molecular formula is C17H22ClFN2O2. The maximum atomic E-state index is 13.1. The van der Waals surface area contributed by atoms with Crippen LogP contribution in [0.2, 0.25) is 5.02 Å². The van der Waals surface area contributed by atoms with E-state index in [1.165, 1.54) is 16.8 Å². The fourth-order valence-electron chi connectivity index (χ4n) is 1.76. The van der Waals surface area contributed by atoms with Gasteiger partial charge in [0.2, 0.25) is 0 Å². The van der Waals surface area contributed by atoms with Crippen molar-refractivity contribution >= 4 is 17.6 Å². The molecule has 1 heterocycles. The third kappa shape index (κ3) is 6.02. The first-order chi connectivity index (χ1) is 10.7. The van der Waals surface area contributed by atoms with E-state index in [4.69, 9.17) is 16.3 Å². The predicted molar refractivity (Wildman–Crippen MR) is 89.4 cm³/mol. The van der Waals surface area contributed by atoms with E-state index in [-0.39, 0.29) is 17.4 Å². The number of rotatable bonds is 3. The van der Waals surface area contributed by atoms with E-state index in [1.54, 1.807) is 18.5 Å². The predicted octanol–water partition coefficient (Wildman–Crippen LogP) is 4.58. The summed E-state index contributed by atoms with van der Waals surface area (Å²) in [5.74, 6) is -0.805. The van der Waals surface area contributed by atoms with E-state index >= 15 is 0 Å². The van der Waals surface area contributed by atoms with Crippen molar-refractivity contribution in [3.63, 3.8) is 0 Å². The minimum Gasteiger partial charge on any atom is -0.460 e. The van der Waals surface area contributed by atoms with Crippen LogP contribution in [0.25, 0.3) is 5.69 Å². The van der Waals surface area contributed by atoms with Gasteiger partial charge in [-0.2, -0.15) is 5.10 Å². The Kier molecular flexibility index (Phi) is 6.76. The molecule has 0 radical (unpaired) electrons. The Hall–Kier alpha value is -1.88. The standard InChI is InChI=1S/C15H16ClFN2O2.C2H6/c1-15(2,3)21-14(20)6-10-8-18-19(9-10)11-4-5-13(17)12(16)7-11;1-2/h4-5,7-9H,6H2,1-3H3;1-2H3. The molecule has 0 saturated heterocycles. The van der Waals surface area contributed by atoms with Gasteiger partial charge in [0.25, 0.3) is 0 Å². The van der Waals surface area contributed by atoms with Crippen molar-refractivity contribution in [2.24, 2.45) is 0 Å². The summed E-state index contributed by atoms with van der Waals surface area (Å²) in [5.41, 5.74) is 0.818. The topological polar surface area (TPSA) is 44.1 Å². The summed E-state index contributed by atoms with van der Waals surface area (Å²) >= 11 is 5.74. The van der Waals surface area contributed by atoms with Crippen LogP contribution in [0.5, 0.6) is 0 Å². The zero-order valence-electron chi connectivity index (χ0n) is 14.1. The van der Waals surface area contributed by atoms with Crippen molar-refractivity contribution in [2.45, 2.75) is 46.6 Å². The lowest BCUT2D eigenvalue weighted by molar-refractivity contribution is -0.153. The third-order valence-electron chi connectivity index (χ3n) is 2.57. The average molecular weight is 341 g/mol. The molecule has 0 spiro atoms. The minimum absolute atomic E-state index is 0.0247. The van der Waals surface area contributed by atoms with Gasteiger partial charge in [0.1, 0.15) is 11.4 Å². The number of benzene rings is 1. The number of halogens is 2. The van der Waals surface area contributed by atoms with Crippen LogP contribution >= 0.6 is 11.6 Å². The molecule has 2 aromatic rings. The van der Waals surface area contributed by atoms with Crippen LogP contribution in [-0.2, 0) is 16.0 Å². The lowest BCUT2D eigenvalue weighted by Gasteiger charge is -2.19. The van der Waals surface area contributed by atoms with Crippen molar-refractivity contribution in [2.75, 3.05) is 0 Å². The first-order valence-electron chi connectivity index (χ1n) is 7.45. The Labute approximate surface area is 141 Å². The summed E-state index contributed by atoms with van der Waals surface area (Å²) in [7, 11) is 0. The van der Waals surface area contributed by atoms with Crippen molar-refractivity contribution in [1.82, 2.24) is 9.78 Å². The average Bonchev–Trinajstić information content (AvgIpc) is 2.90. The molecule has 0 N–H and O–H groups in total. The molecule has 0 unspecified atom stereocenters. The van der Waals surface area contributed by atoms with Crippen LogP contribution in [-0.4, -0.2) is 21.4 Å². The molecule has 0 aliphatic carbocycles. The number of aromatic nitrogens is 2. The van der Waals surface area contributed by atoms with Gasteiger partial charge < -0.3 is 4.74 Å². The van der Waals surface area contributed by atoms with E-state index in [0.717, 1.165) is 0 Å². The van der Waals surface area contributed by atoms with Gasteiger partial charge in [-0.05, 0) is 39.0 Å². The summed E-state index contributed by atoms with van der Waals surface area (Å²) < 4.78 is 19.9. The summed E-state index contributed by atoms with van der Waals surface area (Å²) in [4.78, 5) is 11.7. The number of hydrogen-bond acceptors (Lipinski definition) is 3. The van der Waals surface area contributed by atoms with E-state index in [2.05, 4.69) is 5.10 Å². The van der Waals surface area contributed by atoms with E-state index < -0.39 is 11.4 Å². The highest BCUT2D eigenvalue weighted by molar-refractivity contribution is 6.30. The van der Waals surface area contributed by atoms with E-state index in [1.807, 2.05) is 34.6 Å². The molecule has 0 amide bonds. The maximum absolute atomic E-state index is 13.1. The van der Waals surface area contributed by atoms with Gasteiger partial charge in [-0.15, -0.1) is 0 Å². The number of esters is 1. The smallest absolute Gasteiger partial charge is 0.310 e. The largest absolute Gasteiger partial charge is 0.460 e. The van der Waals surface area contributed by atoms with Crippen molar-refractivity contribution < 1.29 is 13.9 Å². The third-order valence-corrected chi connectivity index (χ3v) is 2.86. The lowest BCUT2D eigenvalue weighted by atomic mass is 10.2. The maximum Gasteiger partial charge on any atom is 0.310 e. The van der Waals surface area contributed by atoms with Gasteiger partial charge in [-0.1, -0.05) is 25.4 Å². The van der Waals surface area contributed by atoms with Crippen LogP contribution in [0, 0.1) is 5.82 Å². The monoisotopic (exact) mass is 340 g/mol. The van der Waals surface area contributed by atoms with Crippen LogP contribution in [0.15, 0.2) is 30.6 Å². The SMILES string of the molecule is CC.CC(C)(C)OC(=O)Cc1cnn(-c2ccc(F)c(Cl)c2)c1. The molecule has 0 atom stereocenters. The molecule has 0 bridgehead atoms. The fraction of sp³-hybridized carbons (Fsp3) is 0.412. The van der Waals surface area contributed by atoms with Crippen LogP contribution in [0.3, 0.4) is 0 Å². The number of hydrogen-bond donors (Lipinski definition) is 0. The van der Waals surface area contributed by atoms with Gasteiger partial charge in [-0.25, -0.2) is 9.07 Å². The van der Waals surface area contributed by atoms with Crippen LogP contribution in [0.1, 0.15) is 40.2 Å². The molecule has 1 aromatic heterocycles.